The van der Waals surface area contributed by atoms with Gasteiger partial charge in [-0.25, -0.2) is 9.67 Å². The second kappa shape index (κ2) is 6.19. The van der Waals surface area contributed by atoms with E-state index in [1.807, 2.05) is 0 Å². The number of benzene rings is 1. The number of halogens is 3. The lowest BCUT2D eigenvalue weighted by atomic mass is 10.1. The first-order valence-corrected chi connectivity index (χ1v) is 8.12. The minimum absolute atomic E-state index is 0.225. The van der Waals surface area contributed by atoms with Crippen molar-refractivity contribution < 1.29 is 13.2 Å². The molecule has 28 heavy (non-hydrogen) atoms. The molecule has 1 aromatic carbocycles. The Balaban J connectivity index is 1.89. The zero-order chi connectivity index (χ0) is 20.1. The summed E-state index contributed by atoms with van der Waals surface area (Å²) in [5.41, 5.74) is 0.594. The van der Waals surface area contributed by atoms with Crippen molar-refractivity contribution in [1.82, 2.24) is 29.9 Å². The van der Waals surface area contributed by atoms with Gasteiger partial charge in [-0.3, -0.25) is 9.89 Å². The molecule has 0 radical (unpaired) electrons. The maximum Gasteiger partial charge on any atom is 0.416 e. The van der Waals surface area contributed by atoms with E-state index in [0.717, 1.165) is 12.1 Å². The molecule has 3 heterocycles. The highest BCUT2D eigenvalue weighted by atomic mass is 19.4. The third-order valence-corrected chi connectivity index (χ3v) is 4.21. The summed E-state index contributed by atoms with van der Waals surface area (Å²) in [4.78, 5) is 19.5. The van der Waals surface area contributed by atoms with Gasteiger partial charge in [-0.1, -0.05) is 18.7 Å². The van der Waals surface area contributed by atoms with Crippen molar-refractivity contribution in [2.75, 3.05) is 0 Å². The van der Waals surface area contributed by atoms with Gasteiger partial charge in [0.05, 0.1) is 17.0 Å². The molecule has 4 rings (SSSR count). The van der Waals surface area contributed by atoms with Gasteiger partial charge in [0.2, 0.25) is 0 Å². The standard InChI is InChI=1S/C18H13F3N6O/c1-9(11-3-5-12(6-4-11)18(19,20)21)27-16-14(17(28)24-10(2)23-16)15(26-27)13-7-8-22-25-13/h3-8H,1H2,2H3,(H,22,25)(H,23,24,28). The summed E-state index contributed by atoms with van der Waals surface area (Å²) >= 11 is 0. The summed E-state index contributed by atoms with van der Waals surface area (Å²) in [5.74, 6) is 0.370. The van der Waals surface area contributed by atoms with Crippen LogP contribution >= 0.6 is 0 Å². The van der Waals surface area contributed by atoms with Crippen molar-refractivity contribution >= 4 is 16.7 Å². The quantitative estimate of drug-likeness (QED) is 0.565. The highest BCUT2D eigenvalue weighted by Gasteiger charge is 2.30. The SMILES string of the molecule is C=C(c1ccc(C(F)(F)F)cc1)n1nc(-c2ccn[nH]2)c2c(=O)[nH]c(C)nc21. The summed E-state index contributed by atoms with van der Waals surface area (Å²) in [6.45, 7) is 5.55. The summed E-state index contributed by atoms with van der Waals surface area (Å²) < 4.78 is 39.8. The van der Waals surface area contributed by atoms with Crippen molar-refractivity contribution in [2.24, 2.45) is 0 Å². The largest absolute Gasteiger partial charge is 0.416 e. The maximum absolute atomic E-state index is 12.8. The molecule has 10 heteroatoms. The van der Waals surface area contributed by atoms with Crippen LogP contribution in [0.2, 0.25) is 0 Å². The average Bonchev–Trinajstić information content (AvgIpc) is 3.28. The third kappa shape index (κ3) is 2.88. The van der Waals surface area contributed by atoms with Crippen LogP contribution in [0, 0.1) is 6.92 Å². The Hall–Kier alpha value is -3.69. The predicted molar refractivity (Wildman–Crippen MR) is 96.3 cm³/mol. The molecule has 0 saturated heterocycles. The number of rotatable bonds is 3. The van der Waals surface area contributed by atoms with E-state index in [0.29, 0.717) is 22.8 Å². The van der Waals surface area contributed by atoms with Crippen LogP contribution < -0.4 is 5.56 Å². The summed E-state index contributed by atoms with van der Waals surface area (Å²) in [6.07, 6.45) is -2.92. The normalized spacial score (nSPS) is 11.9. The minimum Gasteiger partial charge on any atom is -0.310 e. The molecule has 0 aliphatic heterocycles. The number of nitrogens with zero attached hydrogens (tertiary/aromatic N) is 4. The first-order chi connectivity index (χ1) is 13.3. The monoisotopic (exact) mass is 386 g/mol. The van der Waals surface area contributed by atoms with Crippen LogP contribution in [0.1, 0.15) is 17.0 Å². The lowest BCUT2D eigenvalue weighted by molar-refractivity contribution is -0.137. The zero-order valence-corrected chi connectivity index (χ0v) is 14.5. The molecule has 3 aromatic heterocycles. The second-order valence-electron chi connectivity index (χ2n) is 6.10. The predicted octanol–water partition coefficient (Wildman–Crippen LogP) is 3.36. The number of H-pyrrole nitrogens is 2. The Labute approximate surface area is 155 Å². The Bertz CT molecular complexity index is 1230. The van der Waals surface area contributed by atoms with E-state index in [2.05, 4.69) is 31.8 Å². The van der Waals surface area contributed by atoms with Crippen LogP contribution in [0.3, 0.4) is 0 Å². The van der Waals surface area contributed by atoms with Crippen LogP contribution in [0.25, 0.3) is 28.1 Å². The number of hydrogen-bond donors (Lipinski definition) is 2. The van der Waals surface area contributed by atoms with Gasteiger partial charge in [-0.05, 0) is 30.7 Å². The Morgan fingerprint density at radius 3 is 2.50 bits per heavy atom. The number of aromatic amines is 2. The Kier molecular flexibility index (Phi) is 3.91. The lowest BCUT2D eigenvalue weighted by Crippen LogP contribution is -2.11. The molecule has 0 unspecified atom stereocenters. The van der Waals surface area contributed by atoms with Crippen LogP contribution in [0.5, 0.6) is 0 Å². The minimum atomic E-state index is -4.43. The second-order valence-corrected chi connectivity index (χ2v) is 6.10. The molecule has 0 amide bonds. The van der Waals surface area contributed by atoms with Gasteiger partial charge in [-0.2, -0.15) is 23.4 Å². The van der Waals surface area contributed by atoms with E-state index in [9.17, 15) is 18.0 Å². The fraction of sp³-hybridized carbons (Fsp3) is 0.111. The van der Waals surface area contributed by atoms with Crippen molar-refractivity contribution in [3.05, 3.63) is 70.4 Å². The number of fused-ring (bicyclic) bond motifs is 1. The summed E-state index contributed by atoms with van der Waals surface area (Å²) in [6, 6.07) is 6.18. The smallest absolute Gasteiger partial charge is 0.310 e. The van der Waals surface area contributed by atoms with E-state index < -0.39 is 17.3 Å². The Morgan fingerprint density at radius 2 is 1.89 bits per heavy atom. The highest BCUT2D eigenvalue weighted by Crippen LogP contribution is 2.31. The lowest BCUT2D eigenvalue weighted by Gasteiger charge is -2.10. The molecule has 0 bridgehead atoms. The molecular formula is C18H13F3N6O. The molecule has 0 saturated carbocycles. The fourth-order valence-corrected chi connectivity index (χ4v) is 2.87. The highest BCUT2D eigenvalue weighted by molar-refractivity contribution is 5.92. The van der Waals surface area contributed by atoms with Crippen LogP contribution in [0.4, 0.5) is 13.2 Å². The summed E-state index contributed by atoms with van der Waals surface area (Å²) in [7, 11) is 0. The van der Waals surface area contributed by atoms with E-state index in [1.165, 1.54) is 23.0 Å². The van der Waals surface area contributed by atoms with Gasteiger partial charge in [0.15, 0.2) is 5.65 Å². The molecule has 0 aliphatic carbocycles. The number of aryl methyl sites for hydroxylation is 1. The van der Waals surface area contributed by atoms with Crippen molar-refractivity contribution in [2.45, 2.75) is 13.1 Å². The van der Waals surface area contributed by atoms with Crippen molar-refractivity contribution in [3.8, 4) is 11.4 Å². The Morgan fingerprint density at radius 1 is 1.18 bits per heavy atom. The van der Waals surface area contributed by atoms with E-state index in [1.54, 1.807) is 13.0 Å². The first kappa shape index (κ1) is 17.7. The van der Waals surface area contributed by atoms with Crippen molar-refractivity contribution in [1.29, 1.82) is 0 Å². The van der Waals surface area contributed by atoms with Crippen molar-refractivity contribution in [3.63, 3.8) is 0 Å². The topological polar surface area (TPSA) is 92.2 Å². The van der Waals surface area contributed by atoms with Crippen LogP contribution in [-0.2, 0) is 6.18 Å². The van der Waals surface area contributed by atoms with Gasteiger partial charge < -0.3 is 4.98 Å². The molecule has 2 N–H and O–H groups in total. The number of nitrogens with one attached hydrogen (secondary N) is 2. The molecule has 7 nitrogen and oxygen atoms in total. The van der Waals surface area contributed by atoms with Gasteiger partial charge in [-0.15, -0.1) is 0 Å². The van der Waals surface area contributed by atoms with Gasteiger partial charge in [0.25, 0.3) is 5.56 Å². The van der Waals surface area contributed by atoms with Crippen LogP contribution in [0.15, 0.2) is 47.9 Å². The molecule has 0 aliphatic rings. The molecular weight excluding hydrogens is 373 g/mol. The third-order valence-electron chi connectivity index (χ3n) is 4.21. The zero-order valence-electron chi connectivity index (χ0n) is 14.5. The van der Waals surface area contributed by atoms with E-state index in [-0.39, 0.29) is 16.7 Å². The van der Waals surface area contributed by atoms with E-state index >= 15 is 0 Å². The molecule has 0 spiro atoms. The van der Waals surface area contributed by atoms with Gasteiger partial charge in [0.1, 0.15) is 16.9 Å². The van der Waals surface area contributed by atoms with Gasteiger partial charge in [0, 0.05) is 6.20 Å². The molecule has 4 aromatic rings. The summed E-state index contributed by atoms with van der Waals surface area (Å²) in [5, 5.41) is 11.3. The maximum atomic E-state index is 12.8. The van der Waals surface area contributed by atoms with E-state index in [4.69, 9.17) is 0 Å². The fourth-order valence-electron chi connectivity index (χ4n) is 2.87. The average molecular weight is 386 g/mol. The number of alkyl halides is 3. The molecule has 0 atom stereocenters. The molecule has 0 fully saturated rings. The van der Waals surface area contributed by atoms with Gasteiger partial charge >= 0.3 is 6.18 Å². The number of hydrogen-bond acceptors (Lipinski definition) is 4. The number of aromatic nitrogens is 6. The molecule has 142 valence electrons. The first-order valence-electron chi connectivity index (χ1n) is 8.12. The van der Waals surface area contributed by atoms with Crippen LogP contribution in [-0.4, -0.2) is 29.9 Å².